The molecule has 5 rings (SSSR count). The fourth-order valence-electron chi connectivity index (χ4n) is 3.48. The molecule has 10 heteroatoms. The van der Waals surface area contributed by atoms with Gasteiger partial charge in [0.05, 0.1) is 12.2 Å². The lowest BCUT2D eigenvalue weighted by atomic mass is 10.0. The van der Waals surface area contributed by atoms with Gasteiger partial charge in [-0.05, 0) is 24.1 Å². The number of aromatic nitrogens is 3. The van der Waals surface area contributed by atoms with Gasteiger partial charge in [-0.25, -0.2) is 4.98 Å². The molecule has 0 saturated carbocycles. The Kier molecular flexibility index (Phi) is 4.15. The Balaban J connectivity index is 1.25. The zero-order valence-electron chi connectivity index (χ0n) is 15.3. The molecule has 2 N–H and O–H groups in total. The van der Waals surface area contributed by atoms with Gasteiger partial charge in [-0.3, -0.25) is 14.7 Å². The van der Waals surface area contributed by atoms with Gasteiger partial charge in [0.25, 0.3) is 11.8 Å². The van der Waals surface area contributed by atoms with Crippen LogP contribution < -0.4 is 14.8 Å². The number of nitrogens with one attached hydrogen (secondary N) is 2. The summed E-state index contributed by atoms with van der Waals surface area (Å²) in [4.78, 5) is 30.6. The number of H-pyrrole nitrogens is 1. The van der Waals surface area contributed by atoms with E-state index >= 15 is 0 Å². The quantitative estimate of drug-likeness (QED) is 0.682. The minimum atomic E-state index is -0.267. The maximum atomic E-state index is 12.6. The number of nitrogens with zero attached hydrogens (tertiary/aromatic N) is 3. The van der Waals surface area contributed by atoms with Gasteiger partial charge in [-0.1, -0.05) is 6.07 Å². The maximum Gasteiger partial charge on any atom is 0.276 e. The Morgan fingerprint density at radius 2 is 2.14 bits per heavy atom. The van der Waals surface area contributed by atoms with Crippen LogP contribution in [-0.4, -0.2) is 45.2 Å². The van der Waals surface area contributed by atoms with Crippen molar-refractivity contribution in [3.8, 4) is 11.5 Å². The number of carbonyl (C=O) groups excluding carboxylic acids is 2. The Hall–Kier alpha value is -3.82. The summed E-state index contributed by atoms with van der Waals surface area (Å²) < 4.78 is 15.5. The second kappa shape index (κ2) is 6.97. The van der Waals surface area contributed by atoms with Crippen molar-refractivity contribution in [2.75, 3.05) is 13.3 Å². The molecule has 1 aromatic carbocycles. The van der Waals surface area contributed by atoms with Crippen LogP contribution in [0, 0.1) is 0 Å². The topological polar surface area (TPSA) is 123 Å². The number of benzene rings is 1. The molecule has 2 aromatic heterocycles. The van der Waals surface area contributed by atoms with E-state index in [-0.39, 0.29) is 24.3 Å². The van der Waals surface area contributed by atoms with Crippen LogP contribution in [0.15, 0.2) is 35.3 Å². The van der Waals surface area contributed by atoms with Crippen molar-refractivity contribution in [2.24, 2.45) is 0 Å². The second-order valence-corrected chi connectivity index (χ2v) is 6.75. The Morgan fingerprint density at radius 1 is 1.24 bits per heavy atom. The van der Waals surface area contributed by atoms with E-state index in [2.05, 4.69) is 20.5 Å². The average Bonchev–Trinajstić information content (AvgIpc) is 3.50. The van der Waals surface area contributed by atoms with Gasteiger partial charge in [-0.15, -0.1) is 0 Å². The highest BCUT2D eigenvalue weighted by Crippen LogP contribution is 2.32. The van der Waals surface area contributed by atoms with Crippen LogP contribution in [0.4, 0.5) is 0 Å². The first kappa shape index (κ1) is 17.3. The van der Waals surface area contributed by atoms with Gasteiger partial charge < -0.3 is 24.1 Å². The largest absolute Gasteiger partial charge is 0.454 e. The number of fused-ring (bicyclic) bond motifs is 2. The van der Waals surface area contributed by atoms with Crippen LogP contribution >= 0.6 is 0 Å². The summed E-state index contributed by atoms with van der Waals surface area (Å²) in [5.74, 6) is 0.890. The van der Waals surface area contributed by atoms with E-state index in [1.165, 1.54) is 12.7 Å². The minimum Gasteiger partial charge on any atom is -0.454 e. The smallest absolute Gasteiger partial charge is 0.276 e. The summed E-state index contributed by atoms with van der Waals surface area (Å²) in [6.45, 7) is 1.36. The molecular formula is C19H17N5O5. The number of amides is 2. The van der Waals surface area contributed by atoms with E-state index in [9.17, 15) is 9.59 Å². The molecule has 4 heterocycles. The van der Waals surface area contributed by atoms with Crippen molar-refractivity contribution < 1.29 is 23.5 Å². The molecule has 0 saturated heterocycles. The molecule has 29 heavy (non-hydrogen) atoms. The predicted octanol–water partition coefficient (Wildman–Crippen LogP) is 1.25. The lowest BCUT2D eigenvalue weighted by Gasteiger charge is -2.26. The zero-order chi connectivity index (χ0) is 19.8. The van der Waals surface area contributed by atoms with E-state index in [4.69, 9.17) is 13.9 Å². The van der Waals surface area contributed by atoms with Gasteiger partial charge in [0, 0.05) is 18.7 Å². The number of hydrogen-bond acceptors (Lipinski definition) is 7. The number of rotatable bonds is 4. The molecule has 2 amide bonds. The predicted molar refractivity (Wildman–Crippen MR) is 97.3 cm³/mol. The van der Waals surface area contributed by atoms with E-state index in [1.54, 1.807) is 4.90 Å². The molecule has 0 unspecified atom stereocenters. The first-order chi connectivity index (χ1) is 14.2. The highest BCUT2D eigenvalue weighted by molar-refractivity contribution is 5.94. The van der Waals surface area contributed by atoms with Crippen LogP contribution in [0.25, 0.3) is 0 Å². The third-order valence-corrected chi connectivity index (χ3v) is 4.98. The number of hydrogen-bond donors (Lipinski definition) is 2. The summed E-state index contributed by atoms with van der Waals surface area (Å²) in [6.07, 6.45) is 3.07. The van der Waals surface area contributed by atoms with E-state index in [0.717, 1.165) is 16.8 Å². The molecule has 2 aliphatic rings. The van der Waals surface area contributed by atoms with Crippen LogP contribution in [0.5, 0.6) is 11.5 Å². The van der Waals surface area contributed by atoms with Crippen molar-refractivity contribution in [2.45, 2.75) is 19.5 Å². The number of aromatic amines is 1. The standard InChI is InChI=1S/C19H17N5O5/c25-18(20-6-11-1-2-15-16(5-11)29-10-28-15)17-12-3-4-24(7-13(12)22-23-17)19(26)14-8-27-9-21-14/h1-2,5,8-9H,3-4,6-7,10H2,(H,20,25)(H,22,23). The zero-order valence-corrected chi connectivity index (χ0v) is 15.3. The molecule has 2 aliphatic heterocycles. The van der Waals surface area contributed by atoms with Crippen LogP contribution in [0.1, 0.15) is 37.8 Å². The van der Waals surface area contributed by atoms with Crippen LogP contribution in [-0.2, 0) is 19.5 Å². The van der Waals surface area contributed by atoms with Crippen molar-refractivity contribution in [3.05, 3.63) is 59.1 Å². The molecule has 0 radical (unpaired) electrons. The maximum absolute atomic E-state index is 12.6. The molecule has 0 atom stereocenters. The van der Waals surface area contributed by atoms with Gasteiger partial charge >= 0.3 is 0 Å². The highest BCUT2D eigenvalue weighted by atomic mass is 16.7. The molecule has 0 aliphatic carbocycles. The first-order valence-corrected chi connectivity index (χ1v) is 9.09. The fourth-order valence-corrected chi connectivity index (χ4v) is 3.48. The summed E-state index contributed by atoms with van der Waals surface area (Å²) in [6, 6.07) is 5.54. The highest BCUT2D eigenvalue weighted by Gasteiger charge is 2.28. The molecule has 3 aromatic rings. The van der Waals surface area contributed by atoms with E-state index in [0.29, 0.717) is 43.2 Å². The lowest BCUT2D eigenvalue weighted by Crippen LogP contribution is -2.36. The second-order valence-electron chi connectivity index (χ2n) is 6.75. The van der Waals surface area contributed by atoms with Crippen LogP contribution in [0.3, 0.4) is 0 Å². The summed E-state index contributed by atoms with van der Waals surface area (Å²) in [7, 11) is 0. The van der Waals surface area contributed by atoms with Crippen molar-refractivity contribution >= 4 is 11.8 Å². The van der Waals surface area contributed by atoms with E-state index < -0.39 is 0 Å². The third-order valence-electron chi connectivity index (χ3n) is 4.98. The molecule has 0 fully saturated rings. The summed E-state index contributed by atoms with van der Waals surface area (Å²) >= 11 is 0. The molecule has 0 spiro atoms. The molecular weight excluding hydrogens is 378 g/mol. The number of carbonyl (C=O) groups is 2. The van der Waals surface area contributed by atoms with Gasteiger partial charge in [0.2, 0.25) is 6.79 Å². The fraction of sp³-hybridized carbons (Fsp3) is 0.263. The third kappa shape index (κ3) is 3.18. The SMILES string of the molecule is O=C(NCc1ccc2c(c1)OCO2)c1n[nH]c2c1CCN(C(=O)c1cocn1)C2. The lowest BCUT2D eigenvalue weighted by molar-refractivity contribution is 0.0726. The molecule has 0 bridgehead atoms. The molecule has 10 nitrogen and oxygen atoms in total. The van der Waals surface area contributed by atoms with Crippen molar-refractivity contribution in [1.29, 1.82) is 0 Å². The normalized spacial score (nSPS) is 14.6. The van der Waals surface area contributed by atoms with Crippen molar-refractivity contribution in [1.82, 2.24) is 25.4 Å². The summed E-state index contributed by atoms with van der Waals surface area (Å²) in [5, 5.41) is 9.93. The van der Waals surface area contributed by atoms with E-state index in [1.807, 2.05) is 18.2 Å². The number of oxazole rings is 1. The Morgan fingerprint density at radius 3 is 3.00 bits per heavy atom. The van der Waals surface area contributed by atoms with Gasteiger partial charge in [-0.2, -0.15) is 5.10 Å². The van der Waals surface area contributed by atoms with Gasteiger partial charge in [0.1, 0.15) is 6.26 Å². The summed E-state index contributed by atoms with van der Waals surface area (Å²) in [5.41, 5.74) is 3.10. The van der Waals surface area contributed by atoms with Gasteiger partial charge in [0.15, 0.2) is 29.3 Å². The average molecular weight is 395 g/mol. The monoisotopic (exact) mass is 395 g/mol. The molecule has 148 valence electrons. The first-order valence-electron chi connectivity index (χ1n) is 9.09. The number of ether oxygens (including phenoxy) is 2. The Bertz CT molecular complexity index is 1070. The van der Waals surface area contributed by atoms with Crippen LogP contribution in [0.2, 0.25) is 0 Å². The Labute approximate surface area is 164 Å². The minimum absolute atomic E-state index is 0.209. The van der Waals surface area contributed by atoms with Crippen molar-refractivity contribution in [3.63, 3.8) is 0 Å².